The molecule has 0 heterocycles. The maximum atomic E-state index is 12.5. The molecule has 21 heavy (non-hydrogen) atoms. The molecule has 0 aromatic heterocycles. The second kappa shape index (κ2) is 6.88. The highest BCUT2D eigenvalue weighted by molar-refractivity contribution is 5.78. The Bertz CT molecular complexity index is 482. The fourth-order valence-corrected chi connectivity index (χ4v) is 3.21. The van der Waals surface area contributed by atoms with Gasteiger partial charge in [-0.25, -0.2) is 0 Å². The van der Waals surface area contributed by atoms with Gasteiger partial charge >= 0.3 is 5.97 Å². The molecule has 1 unspecified atom stereocenters. The Morgan fingerprint density at radius 3 is 2.43 bits per heavy atom. The van der Waals surface area contributed by atoms with Gasteiger partial charge in [0.1, 0.15) is 6.10 Å². The van der Waals surface area contributed by atoms with Gasteiger partial charge in [0.25, 0.3) is 0 Å². The molecule has 3 nitrogen and oxygen atoms in total. The fraction of sp³-hybridized carbons (Fsp3) is 0.556. The Balaban J connectivity index is 2.09. The Hall–Kier alpha value is -1.64. The summed E-state index contributed by atoms with van der Waals surface area (Å²) in [4.78, 5) is 23.8. The lowest BCUT2D eigenvalue weighted by Gasteiger charge is -2.36. The Kier molecular flexibility index (Phi) is 5.16. The highest BCUT2D eigenvalue weighted by atomic mass is 16.5. The van der Waals surface area contributed by atoms with Gasteiger partial charge in [-0.15, -0.1) is 0 Å². The number of rotatable bonds is 4. The van der Waals surface area contributed by atoms with Gasteiger partial charge in [0.2, 0.25) is 6.29 Å². The third-order valence-electron chi connectivity index (χ3n) is 4.66. The van der Waals surface area contributed by atoms with Crippen molar-refractivity contribution in [3.8, 4) is 0 Å². The number of carbonyl (C=O) groups excluding carboxylic acids is 2. The first-order valence-electron chi connectivity index (χ1n) is 7.67. The van der Waals surface area contributed by atoms with E-state index >= 15 is 0 Å². The average molecular weight is 287 g/mol. The van der Waals surface area contributed by atoms with Gasteiger partial charge in [0.15, 0.2) is 0 Å². The second-order valence-electron chi connectivity index (χ2n) is 6.19. The van der Waals surface area contributed by atoms with Crippen LogP contribution in [-0.2, 0) is 14.3 Å². The molecule has 0 spiro atoms. The predicted molar refractivity (Wildman–Crippen MR) is 81.2 cm³/mol. The molecule has 2 rings (SSSR count). The number of hydrogen-bond donors (Lipinski definition) is 0. The van der Waals surface area contributed by atoms with Crippen LogP contribution in [0.25, 0.3) is 0 Å². The minimum absolute atomic E-state index is 0.170. The topological polar surface area (TPSA) is 43.4 Å². The first kappa shape index (κ1) is 15.7. The van der Waals surface area contributed by atoms with Crippen molar-refractivity contribution in [2.45, 2.75) is 39.7 Å². The van der Waals surface area contributed by atoms with Crippen molar-refractivity contribution in [2.24, 2.45) is 23.7 Å². The van der Waals surface area contributed by atoms with E-state index in [-0.39, 0.29) is 35.7 Å². The van der Waals surface area contributed by atoms with Crippen LogP contribution in [0.5, 0.6) is 0 Å². The minimum Gasteiger partial charge on any atom is -0.458 e. The molecule has 1 radical (unpaired) electrons. The quantitative estimate of drug-likeness (QED) is 0.793. The molecule has 0 bridgehead atoms. The van der Waals surface area contributed by atoms with Crippen LogP contribution < -0.4 is 0 Å². The van der Waals surface area contributed by atoms with Gasteiger partial charge in [-0.05, 0) is 37.2 Å². The van der Waals surface area contributed by atoms with Gasteiger partial charge < -0.3 is 4.74 Å². The normalized spacial score (nSPS) is 30.4. The van der Waals surface area contributed by atoms with Gasteiger partial charge in [0, 0.05) is 5.92 Å². The number of ether oxygens (including phenoxy) is 1. The first-order valence-corrected chi connectivity index (χ1v) is 7.67. The Morgan fingerprint density at radius 2 is 1.81 bits per heavy atom. The zero-order valence-corrected chi connectivity index (χ0v) is 12.9. The van der Waals surface area contributed by atoms with E-state index in [1.165, 1.54) is 0 Å². The molecule has 0 N–H and O–H groups in total. The van der Waals surface area contributed by atoms with Crippen LogP contribution >= 0.6 is 0 Å². The highest BCUT2D eigenvalue weighted by Crippen LogP contribution is 2.39. The summed E-state index contributed by atoms with van der Waals surface area (Å²) in [5.74, 6) is -0.605. The van der Waals surface area contributed by atoms with Gasteiger partial charge in [0.05, 0.1) is 5.92 Å². The molecule has 1 aromatic rings. The van der Waals surface area contributed by atoms with Crippen LogP contribution in [0.4, 0.5) is 0 Å². The van der Waals surface area contributed by atoms with E-state index < -0.39 is 0 Å². The van der Waals surface area contributed by atoms with E-state index in [9.17, 15) is 9.59 Å². The second-order valence-corrected chi connectivity index (χ2v) is 6.19. The fourth-order valence-electron chi connectivity index (χ4n) is 3.21. The SMILES string of the molecule is CC(OC(=O)[C@H]1[C@@H]([C]=O)[C@H](C)CC[C@@H]1C)c1ccccc1. The highest BCUT2D eigenvalue weighted by Gasteiger charge is 2.41. The lowest BCUT2D eigenvalue weighted by atomic mass is 9.68. The summed E-state index contributed by atoms with van der Waals surface area (Å²) in [6.45, 7) is 5.90. The monoisotopic (exact) mass is 287 g/mol. The molecule has 0 aliphatic heterocycles. The minimum atomic E-state index is -0.364. The third kappa shape index (κ3) is 3.52. The summed E-state index contributed by atoms with van der Waals surface area (Å²) in [5.41, 5.74) is 0.967. The van der Waals surface area contributed by atoms with Crippen LogP contribution in [-0.4, -0.2) is 12.3 Å². The summed E-state index contributed by atoms with van der Waals surface area (Å²) < 4.78 is 5.61. The molecule has 1 aromatic carbocycles. The average Bonchev–Trinajstić information content (AvgIpc) is 2.49. The standard InChI is InChI=1S/C18H23O3/c1-12-9-10-13(2)17(16(12)11-19)18(20)21-14(3)15-7-5-4-6-8-15/h4-8,12-14,16-17H,9-10H2,1-3H3/t12-,13+,14?,16+,17-/m1/s1. The molecule has 1 aliphatic rings. The molecule has 0 saturated heterocycles. The van der Waals surface area contributed by atoms with E-state index in [1.54, 1.807) is 0 Å². The number of benzene rings is 1. The molecular weight excluding hydrogens is 264 g/mol. The van der Waals surface area contributed by atoms with Crippen LogP contribution in [0.15, 0.2) is 30.3 Å². The predicted octanol–water partition coefficient (Wildman–Crippen LogP) is 3.70. The molecule has 1 fully saturated rings. The first-order chi connectivity index (χ1) is 10.0. The number of carbonyl (C=O) groups is 1. The maximum absolute atomic E-state index is 12.5. The van der Waals surface area contributed by atoms with Crippen molar-refractivity contribution in [2.75, 3.05) is 0 Å². The van der Waals surface area contributed by atoms with Crippen LogP contribution in [0.1, 0.15) is 45.3 Å². The van der Waals surface area contributed by atoms with Crippen molar-refractivity contribution in [3.05, 3.63) is 35.9 Å². The van der Waals surface area contributed by atoms with E-state index in [1.807, 2.05) is 51.1 Å². The smallest absolute Gasteiger partial charge is 0.310 e. The van der Waals surface area contributed by atoms with E-state index in [0.717, 1.165) is 18.4 Å². The Labute approximate surface area is 126 Å². The number of hydrogen-bond acceptors (Lipinski definition) is 3. The van der Waals surface area contributed by atoms with E-state index in [4.69, 9.17) is 4.74 Å². The summed E-state index contributed by atoms with van der Waals surface area (Å²) in [6, 6.07) is 9.66. The molecular formula is C18H23O3. The van der Waals surface area contributed by atoms with Crippen molar-refractivity contribution >= 4 is 12.3 Å². The van der Waals surface area contributed by atoms with Crippen molar-refractivity contribution in [3.63, 3.8) is 0 Å². The van der Waals surface area contributed by atoms with Gasteiger partial charge in [-0.2, -0.15) is 0 Å². The zero-order chi connectivity index (χ0) is 15.4. The largest absolute Gasteiger partial charge is 0.458 e. The van der Waals surface area contributed by atoms with Crippen molar-refractivity contribution in [1.82, 2.24) is 0 Å². The molecule has 5 atom stereocenters. The number of esters is 1. The maximum Gasteiger partial charge on any atom is 0.310 e. The van der Waals surface area contributed by atoms with Crippen LogP contribution in [0, 0.1) is 23.7 Å². The summed E-state index contributed by atoms with van der Waals surface area (Å²) in [7, 11) is 0. The lowest BCUT2D eigenvalue weighted by molar-refractivity contribution is -0.159. The Morgan fingerprint density at radius 1 is 1.19 bits per heavy atom. The summed E-state index contributed by atoms with van der Waals surface area (Å²) in [6.07, 6.45) is 3.71. The molecule has 1 saturated carbocycles. The lowest BCUT2D eigenvalue weighted by Crippen LogP contribution is -2.39. The van der Waals surface area contributed by atoms with Crippen molar-refractivity contribution < 1.29 is 14.3 Å². The van der Waals surface area contributed by atoms with Gasteiger partial charge in [-0.1, -0.05) is 44.2 Å². The summed E-state index contributed by atoms with van der Waals surface area (Å²) >= 11 is 0. The van der Waals surface area contributed by atoms with Crippen LogP contribution in [0.2, 0.25) is 0 Å². The van der Waals surface area contributed by atoms with Gasteiger partial charge in [-0.3, -0.25) is 9.59 Å². The molecule has 113 valence electrons. The van der Waals surface area contributed by atoms with E-state index in [0.29, 0.717) is 0 Å². The molecule has 3 heteroatoms. The van der Waals surface area contributed by atoms with E-state index in [2.05, 4.69) is 6.29 Å². The van der Waals surface area contributed by atoms with Crippen molar-refractivity contribution in [1.29, 1.82) is 0 Å². The molecule has 0 amide bonds. The van der Waals surface area contributed by atoms with Crippen LogP contribution in [0.3, 0.4) is 0 Å². The zero-order valence-electron chi connectivity index (χ0n) is 12.9. The summed E-state index contributed by atoms with van der Waals surface area (Å²) in [5, 5.41) is 0. The molecule has 1 aliphatic carbocycles. The third-order valence-corrected chi connectivity index (χ3v) is 4.66.